The molecule has 0 aromatic heterocycles. The van der Waals surface area contributed by atoms with Crippen LogP contribution in [0.5, 0.6) is 0 Å². The molecule has 5 heteroatoms. The molecule has 0 amide bonds. The fraction of sp³-hybridized carbons (Fsp3) is 0.857. The van der Waals surface area contributed by atoms with Crippen molar-refractivity contribution in [2.45, 2.75) is 45.6 Å². The van der Waals surface area contributed by atoms with Gasteiger partial charge in [-0.3, -0.25) is 14.5 Å². The summed E-state index contributed by atoms with van der Waals surface area (Å²) in [7, 11) is 0. The van der Waals surface area contributed by atoms with Crippen LogP contribution in [0.15, 0.2) is 0 Å². The average molecular weight is 271 g/mol. The molecule has 0 radical (unpaired) electrons. The monoisotopic (exact) mass is 271 g/mol. The molecule has 1 unspecified atom stereocenters. The SMILES string of the molecule is CCOC(=O)CCC(=O)CN1CCC(C(C)O)CC1. The predicted octanol–water partition coefficient (Wildman–Crippen LogP) is 0.992. The van der Waals surface area contributed by atoms with Crippen molar-refractivity contribution in [2.75, 3.05) is 26.2 Å². The minimum atomic E-state index is -0.302. The molecule has 0 spiro atoms. The van der Waals surface area contributed by atoms with Crippen LogP contribution in [-0.4, -0.2) is 54.1 Å². The lowest BCUT2D eigenvalue weighted by Crippen LogP contribution is -2.39. The number of rotatable bonds is 7. The van der Waals surface area contributed by atoms with E-state index in [1.54, 1.807) is 6.92 Å². The summed E-state index contributed by atoms with van der Waals surface area (Å²) in [6.45, 7) is 6.05. The van der Waals surface area contributed by atoms with Gasteiger partial charge < -0.3 is 9.84 Å². The molecule has 0 aliphatic carbocycles. The Morgan fingerprint density at radius 1 is 1.32 bits per heavy atom. The van der Waals surface area contributed by atoms with Gasteiger partial charge in [0.05, 0.1) is 25.7 Å². The first-order chi connectivity index (χ1) is 9.02. The first-order valence-corrected chi connectivity index (χ1v) is 7.10. The van der Waals surface area contributed by atoms with E-state index in [2.05, 4.69) is 4.90 Å². The van der Waals surface area contributed by atoms with Gasteiger partial charge in [0.2, 0.25) is 0 Å². The summed E-state index contributed by atoms with van der Waals surface area (Å²) in [4.78, 5) is 25.0. The van der Waals surface area contributed by atoms with Gasteiger partial charge in [0.15, 0.2) is 0 Å². The van der Waals surface area contributed by atoms with Gasteiger partial charge >= 0.3 is 5.97 Å². The second-order valence-corrected chi connectivity index (χ2v) is 5.20. The number of carbonyl (C=O) groups excluding carboxylic acids is 2. The molecule has 0 aromatic carbocycles. The van der Waals surface area contributed by atoms with Crippen LogP contribution in [0, 0.1) is 5.92 Å². The quantitative estimate of drug-likeness (QED) is 0.699. The maximum atomic E-state index is 11.7. The first-order valence-electron chi connectivity index (χ1n) is 7.10. The number of hydrogen-bond donors (Lipinski definition) is 1. The number of hydrogen-bond acceptors (Lipinski definition) is 5. The maximum absolute atomic E-state index is 11.7. The Morgan fingerprint density at radius 2 is 1.95 bits per heavy atom. The van der Waals surface area contributed by atoms with E-state index in [0.29, 0.717) is 19.1 Å². The highest BCUT2D eigenvalue weighted by atomic mass is 16.5. The minimum Gasteiger partial charge on any atom is -0.466 e. The molecule has 110 valence electrons. The number of aliphatic hydroxyl groups is 1. The van der Waals surface area contributed by atoms with Crippen LogP contribution in [0.4, 0.5) is 0 Å². The molecular formula is C14H25NO4. The summed E-state index contributed by atoms with van der Waals surface area (Å²) in [5.74, 6) is 0.137. The number of Topliss-reactive ketones (excluding diaryl/α,β-unsaturated/α-hetero) is 1. The molecule has 0 aromatic rings. The van der Waals surface area contributed by atoms with Gasteiger partial charge in [-0.15, -0.1) is 0 Å². The van der Waals surface area contributed by atoms with Gasteiger partial charge in [-0.05, 0) is 45.7 Å². The standard InChI is InChI=1S/C14H25NO4/c1-3-19-14(18)5-4-13(17)10-15-8-6-12(7-9-15)11(2)16/h11-12,16H,3-10H2,1-2H3. The van der Waals surface area contributed by atoms with Gasteiger partial charge in [0.1, 0.15) is 5.78 Å². The smallest absolute Gasteiger partial charge is 0.306 e. The summed E-state index contributed by atoms with van der Waals surface area (Å²) < 4.78 is 4.79. The van der Waals surface area contributed by atoms with E-state index in [0.717, 1.165) is 25.9 Å². The van der Waals surface area contributed by atoms with Crippen LogP contribution in [0.3, 0.4) is 0 Å². The summed E-state index contributed by atoms with van der Waals surface area (Å²) in [5, 5.41) is 9.50. The molecule has 1 aliphatic rings. The number of carbonyl (C=O) groups is 2. The predicted molar refractivity (Wildman–Crippen MR) is 71.7 cm³/mol. The third-order valence-corrected chi connectivity index (χ3v) is 3.63. The fourth-order valence-electron chi connectivity index (χ4n) is 2.40. The van der Waals surface area contributed by atoms with Crippen molar-refractivity contribution in [1.29, 1.82) is 0 Å². The van der Waals surface area contributed by atoms with Crippen LogP contribution in [0.2, 0.25) is 0 Å². The largest absolute Gasteiger partial charge is 0.466 e. The highest BCUT2D eigenvalue weighted by Crippen LogP contribution is 2.20. The molecule has 0 saturated carbocycles. The Hall–Kier alpha value is -0.940. The van der Waals surface area contributed by atoms with Crippen molar-refractivity contribution in [3.63, 3.8) is 0 Å². The fourth-order valence-corrected chi connectivity index (χ4v) is 2.40. The van der Waals surface area contributed by atoms with E-state index >= 15 is 0 Å². The van der Waals surface area contributed by atoms with Crippen molar-refractivity contribution in [3.8, 4) is 0 Å². The number of ketones is 1. The van der Waals surface area contributed by atoms with Crippen LogP contribution >= 0.6 is 0 Å². The van der Waals surface area contributed by atoms with Crippen molar-refractivity contribution in [1.82, 2.24) is 4.90 Å². The molecule has 1 atom stereocenters. The normalized spacial score (nSPS) is 19.1. The Bertz CT molecular complexity index is 296. The Labute approximate surface area is 114 Å². The molecule has 0 bridgehead atoms. The highest BCUT2D eigenvalue weighted by molar-refractivity contribution is 5.84. The third kappa shape index (κ3) is 6.16. The van der Waals surface area contributed by atoms with Gasteiger partial charge in [0.25, 0.3) is 0 Å². The van der Waals surface area contributed by atoms with E-state index in [4.69, 9.17) is 4.74 Å². The highest BCUT2D eigenvalue weighted by Gasteiger charge is 2.23. The van der Waals surface area contributed by atoms with E-state index in [-0.39, 0.29) is 30.7 Å². The molecule has 1 rings (SSSR count). The topological polar surface area (TPSA) is 66.8 Å². The van der Waals surface area contributed by atoms with Crippen molar-refractivity contribution >= 4 is 11.8 Å². The van der Waals surface area contributed by atoms with Gasteiger partial charge in [0, 0.05) is 6.42 Å². The second-order valence-electron chi connectivity index (χ2n) is 5.20. The Morgan fingerprint density at radius 3 is 2.47 bits per heavy atom. The van der Waals surface area contributed by atoms with E-state index < -0.39 is 0 Å². The molecule has 19 heavy (non-hydrogen) atoms. The lowest BCUT2D eigenvalue weighted by atomic mass is 9.92. The van der Waals surface area contributed by atoms with E-state index in [1.165, 1.54) is 0 Å². The molecule has 1 saturated heterocycles. The lowest BCUT2D eigenvalue weighted by molar-refractivity contribution is -0.144. The van der Waals surface area contributed by atoms with Crippen molar-refractivity contribution in [2.24, 2.45) is 5.92 Å². The Kier molecular flexibility index (Phi) is 7.02. The number of likely N-dealkylation sites (tertiary alicyclic amines) is 1. The summed E-state index contributed by atoms with van der Waals surface area (Å²) >= 11 is 0. The van der Waals surface area contributed by atoms with E-state index in [1.807, 2.05) is 6.92 Å². The number of aliphatic hydroxyl groups excluding tert-OH is 1. The summed E-state index contributed by atoms with van der Waals surface area (Å²) in [5.41, 5.74) is 0. The zero-order chi connectivity index (χ0) is 14.3. The Balaban J connectivity index is 2.18. The summed E-state index contributed by atoms with van der Waals surface area (Å²) in [6, 6.07) is 0. The number of nitrogens with zero attached hydrogens (tertiary/aromatic N) is 1. The number of esters is 1. The molecule has 1 N–H and O–H groups in total. The van der Waals surface area contributed by atoms with Crippen molar-refractivity contribution < 1.29 is 19.4 Å². The second kappa shape index (κ2) is 8.27. The van der Waals surface area contributed by atoms with Crippen LogP contribution in [-0.2, 0) is 14.3 Å². The zero-order valence-corrected chi connectivity index (χ0v) is 11.9. The van der Waals surface area contributed by atoms with Gasteiger partial charge in [-0.1, -0.05) is 0 Å². The van der Waals surface area contributed by atoms with Crippen molar-refractivity contribution in [3.05, 3.63) is 0 Å². The van der Waals surface area contributed by atoms with Gasteiger partial charge in [-0.2, -0.15) is 0 Å². The summed E-state index contributed by atoms with van der Waals surface area (Å²) in [6.07, 6.45) is 2.04. The number of ether oxygens (including phenoxy) is 1. The van der Waals surface area contributed by atoms with E-state index in [9.17, 15) is 14.7 Å². The lowest BCUT2D eigenvalue weighted by Gasteiger charge is -2.32. The average Bonchev–Trinajstić information content (AvgIpc) is 2.37. The van der Waals surface area contributed by atoms with Crippen LogP contribution in [0.25, 0.3) is 0 Å². The maximum Gasteiger partial charge on any atom is 0.306 e. The molecule has 1 fully saturated rings. The molecule has 1 heterocycles. The molecule has 5 nitrogen and oxygen atoms in total. The molecule has 1 aliphatic heterocycles. The van der Waals surface area contributed by atoms with Gasteiger partial charge in [-0.25, -0.2) is 0 Å². The zero-order valence-electron chi connectivity index (χ0n) is 11.9. The number of piperidine rings is 1. The van der Waals surface area contributed by atoms with Crippen LogP contribution in [0.1, 0.15) is 39.5 Å². The van der Waals surface area contributed by atoms with Crippen LogP contribution < -0.4 is 0 Å². The first kappa shape index (κ1) is 16.1. The molecular weight excluding hydrogens is 246 g/mol. The third-order valence-electron chi connectivity index (χ3n) is 3.63. The minimum absolute atomic E-state index is 0.0866.